The van der Waals surface area contributed by atoms with Gasteiger partial charge < -0.3 is 0 Å². The minimum Gasteiger partial charge on any atom is -0.296 e. The lowest BCUT2D eigenvalue weighted by Gasteiger charge is -2.04. The molecule has 1 fully saturated rings. The maximum absolute atomic E-state index is 11.7. The molecule has 1 N–H and O–H groups in total. The SMILES string of the molecule is N#CC1C(c2ccccc2)N1C(=O)NC(=O)CCl. The molecule has 92 valence electrons. The Kier molecular flexibility index (Phi) is 3.49. The fourth-order valence-corrected chi connectivity index (χ4v) is 1.89. The molecule has 0 aromatic heterocycles. The first kappa shape index (κ1) is 12.4. The molecule has 1 aliphatic heterocycles. The van der Waals surface area contributed by atoms with Gasteiger partial charge in [-0.1, -0.05) is 30.3 Å². The van der Waals surface area contributed by atoms with E-state index < -0.39 is 18.0 Å². The summed E-state index contributed by atoms with van der Waals surface area (Å²) in [5.41, 5.74) is 0.873. The van der Waals surface area contributed by atoms with Gasteiger partial charge in [0.2, 0.25) is 5.91 Å². The zero-order valence-electron chi connectivity index (χ0n) is 9.34. The zero-order valence-corrected chi connectivity index (χ0v) is 10.1. The predicted molar refractivity (Wildman–Crippen MR) is 64.7 cm³/mol. The summed E-state index contributed by atoms with van der Waals surface area (Å²) in [7, 11) is 0. The standard InChI is InChI=1S/C12H10ClN3O2/c13-6-10(17)15-12(18)16-9(7-14)11(16)8-4-2-1-3-5-8/h1-5,9,11H,6H2,(H,15,17,18). The van der Waals surface area contributed by atoms with Crippen LogP contribution >= 0.6 is 11.6 Å². The van der Waals surface area contributed by atoms with E-state index in [1.807, 2.05) is 36.4 Å². The Labute approximate surface area is 109 Å². The van der Waals surface area contributed by atoms with Crippen LogP contribution in [0.25, 0.3) is 0 Å². The highest BCUT2D eigenvalue weighted by atomic mass is 35.5. The summed E-state index contributed by atoms with van der Waals surface area (Å²) in [6, 6.07) is 9.83. The third-order valence-electron chi connectivity index (χ3n) is 2.68. The highest BCUT2D eigenvalue weighted by molar-refractivity contribution is 6.28. The van der Waals surface area contributed by atoms with E-state index in [0.717, 1.165) is 5.56 Å². The molecule has 2 atom stereocenters. The van der Waals surface area contributed by atoms with Gasteiger partial charge in [-0.15, -0.1) is 11.6 Å². The molecular weight excluding hydrogens is 254 g/mol. The Morgan fingerprint density at radius 3 is 2.61 bits per heavy atom. The van der Waals surface area contributed by atoms with Crippen molar-refractivity contribution in [3.8, 4) is 6.07 Å². The van der Waals surface area contributed by atoms with Gasteiger partial charge in [0, 0.05) is 0 Å². The molecule has 0 radical (unpaired) electrons. The third kappa shape index (κ3) is 2.29. The molecule has 1 aliphatic rings. The molecule has 0 spiro atoms. The molecule has 1 heterocycles. The maximum Gasteiger partial charge on any atom is 0.325 e. The predicted octanol–water partition coefficient (Wildman–Crippen LogP) is 1.41. The van der Waals surface area contributed by atoms with E-state index in [2.05, 4.69) is 5.32 Å². The van der Waals surface area contributed by atoms with Crippen molar-refractivity contribution in [1.82, 2.24) is 10.2 Å². The summed E-state index contributed by atoms with van der Waals surface area (Å²) in [5, 5.41) is 11.1. The molecule has 1 aromatic rings. The number of hydrogen-bond acceptors (Lipinski definition) is 3. The van der Waals surface area contributed by atoms with E-state index in [0.29, 0.717) is 0 Å². The van der Waals surface area contributed by atoms with Crippen LogP contribution in [-0.4, -0.2) is 28.8 Å². The first-order chi connectivity index (χ1) is 8.69. The first-order valence-electron chi connectivity index (χ1n) is 5.31. The number of amides is 3. The summed E-state index contributed by atoms with van der Waals surface area (Å²) >= 11 is 5.30. The Hall–Kier alpha value is -2.06. The number of benzene rings is 1. The molecule has 0 saturated carbocycles. The first-order valence-corrected chi connectivity index (χ1v) is 5.85. The largest absolute Gasteiger partial charge is 0.325 e. The van der Waals surface area contributed by atoms with Crippen LogP contribution in [0, 0.1) is 11.3 Å². The van der Waals surface area contributed by atoms with E-state index in [4.69, 9.17) is 16.9 Å². The highest BCUT2D eigenvalue weighted by Crippen LogP contribution is 2.42. The Bertz CT molecular complexity index is 512. The minimum absolute atomic E-state index is 0.285. The molecule has 1 aromatic carbocycles. The number of alkyl halides is 1. The zero-order chi connectivity index (χ0) is 13.1. The van der Waals surface area contributed by atoms with Crippen LogP contribution in [0.1, 0.15) is 11.6 Å². The summed E-state index contributed by atoms with van der Waals surface area (Å²) < 4.78 is 0. The number of nitrogens with one attached hydrogen (secondary N) is 1. The van der Waals surface area contributed by atoms with E-state index in [-0.39, 0.29) is 11.9 Å². The molecular formula is C12H10ClN3O2. The second-order valence-electron chi connectivity index (χ2n) is 3.82. The van der Waals surface area contributed by atoms with Gasteiger partial charge in [-0.3, -0.25) is 15.0 Å². The van der Waals surface area contributed by atoms with Gasteiger partial charge in [0.1, 0.15) is 11.9 Å². The maximum atomic E-state index is 11.7. The topological polar surface area (TPSA) is 73.0 Å². The molecule has 6 heteroatoms. The molecule has 0 aliphatic carbocycles. The van der Waals surface area contributed by atoms with E-state index in [1.54, 1.807) is 0 Å². The normalized spacial score (nSPS) is 21.0. The number of hydrogen-bond donors (Lipinski definition) is 1. The molecule has 18 heavy (non-hydrogen) atoms. The lowest BCUT2D eigenvalue weighted by atomic mass is 10.1. The minimum atomic E-state index is -0.582. The van der Waals surface area contributed by atoms with Crippen LogP contribution in [0.3, 0.4) is 0 Å². The Morgan fingerprint density at radius 2 is 2.06 bits per heavy atom. The van der Waals surface area contributed by atoms with Crippen LogP contribution < -0.4 is 5.32 Å². The number of rotatable bonds is 2. The van der Waals surface area contributed by atoms with Crippen molar-refractivity contribution in [2.24, 2.45) is 0 Å². The van der Waals surface area contributed by atoms with Crippen molar-refractivity contribution >= 4 is 23.5 Å². The summed E-state index contributed by atoms with van der Waals surface area (Å²) in [4.78, 5) is 24.1. The average molecular weight is 264 g/mol. The van der Waals surface area contributed by atoms with Gasteiger partial charge in [0.15, 0.2) is 0 Å². The third-order valence-corrected chi connectivity index (χ3v) is 2.93. The van der Waals surface area contributed by atoms with Gasteiger partial charge in [-0.2, -0.15) is 5.26 Å². The second kappa shape index (κ2) is 5.07. The number of halogens is 1. The van der Waals surface area contributed by atoms with Gasteiger partial charge in [0.25, 0.3) is 0 Å². The smallest absolute Gasteiger partial charge is 0.296 e. The number of carbonyl (C=O) groups excluding carboxylic acids is 2. The van der Waals surface area contributed by atoms with E-state index in [9.17, 15) is 9.59 Å². The van der Waals surface area contributed by atoms with Crippen LogP contribution in [0.4, 0.5) is 4.79 Å². The van der Waals surface area contributed by atoms with Crippen LogP contribution in [0.15, 0.2) is 30.3 Å². The fraction of sp³-hybridized carbons (Fsp3) is 0.250. The van der Waals surface area contributed by atoms with Crippen molar-refractivity contribution in [2.75, 3.05) is 5.88 Å². The van der Waals surface area contributed by atoms with Gasteiger partial charge in [0.05, 0.1) is 12.1 Å². The van der Waals surface area contributed by atoms with Crippen molar-refractivity contribution in [3.05, 3.63) is 35.9 Å². The number of imide groups is 1. The molecule has 2 rings (SSSR count). The van der Waals surface area contributed by atoms with E-state index in [1.165, 1.54) is 4.90 Å². The number of carbonyl (C=O) groups is 2. The summed E-state index contributed by atoms with van der Waals surface area (Å²) in [5.74, 6) is -0.857. The lowest BCUT2D eigenvalue weighted by molar-refractivity contribution is -0.117. The molecule has 0 bridgehead atoms. The second-order valence-corrected chi connectivity index (χ2v) is 4.09. The van der Waals surface area contributed by atoms with Crippen LogP contribution in [0.2, 0.25) is 0 Å². The fourth-order valence-electron chi connectivity index (χ4n) is 1.83. The lowest BCUT2D eigenvalue weighted by Crippen LogP contribution is -2.35. The number of nitriles is 1. The Morgan fingerprint density at radius 1 is 1.39 bits per heavy atom. The van der Waals surface area contributed by atoms with Gasteiger partial charge >= 0.3 is 6.03 Å². The Balaban J connectivity index is 2.09. The van der Waals surface area contributed by atoms with Crippen molar-refractivity contribution in [1.29, 1.82) is 5.26 Å². The molecule has 5 nitrogen and oxygen atoms in total. The number of urea groups is 1. The summed E-state index contributed by atoms with van der Waals surface area (Å²) in [6.45, 7) is 0. The summed E-state index contributed by atoms with van der Waals surface area (Å²) in [6.07, 6.45) is 0. The monoisotopic (exact) mass is 263 g/mol. The molecule has 2 unspecified atom stereocenters. The van der Waals surface area contributed by atoms with E-state index >= 15 is 0 Å². The van der Waals surface area contributed by atoms with Gasteiger partial charge in [-0.25, -0.2) is 4.79 Å². The van der Waals surface area contributed by atoms with Crippen LogP contribution in [0.5, 0.6) is 0 Å². The van der Waals surface area contributed by atoms with Crippen molar-refractivity contribution < 1.29 is 9.59 Å². The highest BCUT2D eigenvalue weighted by Gasteiger charge is 2.52. The van der Waals surface area contributed by atoms with Crippen molar-refractivity contribution in [2.45, 2.75) is 12.1 Å². The molecule has 1 saturated heterocycles. The van der Waals surface area contributed by atoms with Gasteiger partial charge in [-0.05, 0) is 5.56 Å². The molecule has 3 amide bonds. The quantitative estimate of drug-likeness (QED) is 0.648. The average Bonchev–Trinajstić information content (AvgIpc) is 3.14. The van der Waals surface area contributed by atoms with Crippen LogP contribution in [-0.2, 0) is 4.79 Å². The van der Waals surface area contributed by atoms with Crippen molar-refractivity contribution in [3.63, 3.8) is 0 Å². The number of nitrogens with zero attached hydrogens (tertiary/aromatic N) is 2.